The van der Waals surface area contributed by atoms with E-state index in [-0.39, 0.29) is 17.7 Å². The van der Waals surface area contributed by atoms with Gasteiger partial charge in [0.1, 0.15) is 5.78 Å². The second kappa shape index (κ2) is 4.97. The second-order valence-corrected chi connectivity index (χ2v) is 3.23. The summed E-state index contributed by atoms with van der Waals surface area (Å²) in [7, 11) is 1.36. The molecule has 1 saturated heterocycles. The van der Waals surface area contributed by atoms with E-state index in [0.29, 0.717) is 25.8 Å². The number of esters is 1. The Morgan fingerprint density at radius 3 is 3.08 bits per heavy atom. The van der Waals surface area contributed by atoms with Gasteiger partial charge in [0.15, 0.2) is 0 Å². The fraction of sp³-hybridized carbons (Fsp3) is 0.778. The van der Waals surface area contributed by atoms with E-state index in [1.54, 1.807) is 0 Å². The van der Waals surface area contributed by atoms with Crippen LogP contribution in [0.15, 0.2) is 0 Å². The molecule has 13 heavy (non-hydrogen) atoms. The highest BCUT2D eigenvalue weighted by Crippen LogP contribution is 2.12. The van der Waals surface area contributed by atoms with E-state index in [1.165, 1.54) is 7.11 Å². The molecule has 4 heteroatoms. The first-order chi connectivity index (χ1) is 6.24. The third-order valence-corrected chi connectivity index (χ3v) is 2.32. The molecule has 0 saturated carbocycles. The maximum absolute atomic E-state index is 11.3. The molecule has 1 rings (SSSR count). The van der Waals surface area contributed by atoms with Crippen molar-refractivity contribution >= 4 is 11.8 Å². The quantitative estimate of drug-likeness (QED) is 0.634. The van der Waals surface area contributed by atoms with Crippen LogP contribution in [0.4, 0.5) is 0 Å². The first-order valence-electron chi connectivity index (χ1n) is 4.54. The van der Waals surface area contributed by atoms with Crippen molar-refractivity contribution in [2.75, 3.05) is 20.2 Å². The second-order valence-electron chi connectivity index (χ2n) is 3.23. The monoisotopic (exact) mass is 185 g/mol. The summed E-state index contributed by atoms with van der Waals surface area (Å²) in [5, 5.41) is 3.13. The fourth-order valence-corrected chi connectivity index (χ4v) is 1.46. The zero-order valence-electron chi connectivity index (χ0n) is 7.84. The van der Waals surface area contributed by atoms with Crippen molar-refractivity contribution in [3.05, 3.63) is 0 Å². The summed E-state index contributed by atoms with van der Waals surface area (Å²) >= 11 is 0. The molecule has 0 aromatic rings. The Morgan fingerprint density at radius 1 is 1.69 bits per heavy atom. The molecule has 0 aromatic carbocycles. The summed E-state index contributed by atoms with van der Waals surface area (Å²) in [4.78, 5) is 22.1. The first kappa shape index (κ1) is 10.2. The standard InChI is InChI=1S/C9H15NO3/c1-13-9(12)3-2-7-6-10-5-4-8(7)11/h7,10H,2-6H2,1H3. The predicted molar refractivity (Wildman–Crippen MR) is 47.2 cm³/mol. The number of carbonyl (C=O) groups excluding carboxylic acids is 2. The Balaban J connectivity index is 2.26. The lowest BCUT2D eigenvalue weighted by atomic mass is 9.93. The summed E-state index contributed by atoms with van der Waals surface area (Å²) in [5.41, 5.74) is 0. The molecule has 0 bridgehead atoms. The maximum Gasteiger partial charge on any atom is 0.305 e. The van der Waals surface area contributed by atoms with Gasteiger partial charge in [-0.1, -0.05) is 0 Å². The first-order valence-corrected chi connectivity index (χ1v) is 4.54. The lowest BCUT2D eigenvalue weighted by Crippen LogP contribution is -2.37. The number of rotatable bonds is 3. The molecule has 1 unspecified atom stereocenters. The fourth-order valence-electron chi connectivity index (χ4n) is 1.46. The van der Waals surface area contributed by atoms with Gasteiger partial charge in [0.2, 0.25) is 0 Å². The topological polar surface area (TPSA) is 55.4 Å². The zero-order chi connectivity index (χ0) is 9.68. The summed E-state index contributed by atoms with van der Waals surface area (Å²) < 4.78 is 4.51. The van der Waals surface area contributed by atoms with E-state index in [9.17, 15) is 9.59 Å². The van der Waals surface area contributed by atoms with E-state index in [0.717, 1.165) is 6.54 Å². The molecule has 74 valence electrons. The van der Waals surface area contributed by atoms with Crippen LogP contribution in [0, 0.1) is 5.92 Å². The molecule has 4 nitrogen and oxygen atoms in total. The molecular weight excluding hydrogens is 170 g/mol. The highest BCUT2D eigenvalue weighted by molar-refractivity contribution is 5.82. The average Bonchev–Trinajstić information content (AvgIpc) is 2.16. The smallest absolute Gasteiger partial charge is 0.305 e. The highest BCUT2D eigenvalue weighted by atomic mass is 16.5. The van der Waals surface area contributed by atoms with E-state index in [2.05, 4.69) is 10.1 Å². The highest BCUT2D eigenvalue weighted by Gasteiger charge is 2.22. The number of carbonyl (C=O) groups is 2. The van der Waals surface area contributed by atoms with Gasteiger partial charge in [-0.05, 0) is 6.42 Å². The van der Waals surface area contributed by atoms with Gasteiger partial charge in [-0.15, -0.1) is 0 Å². The van der Waals surface area contributed by atoms with E-state index < -0.39 is 0 Å². The predicted octanol–water partition coefficient (Wildman–Crippen LogP) is 0.118. The summed E-state index contributed by atoms with van der Waals surface area (Å²) in [5.74, 6) is 0.0360. The molecule has 0 amide bonds. The summed E-state index contributed by atoms with van der Waals surface area (Å²) in [6.07, 6.45) is 1.54. The summed E-state index contributed by atoms with van der Waals surface area (Å²) in [6.45, 7) is 1.48. The molecular formula is C9H15NO3. The number of Topliss-reactive ketones (excluding diaryl/α,β-unsaturated/α-hetero) is 1. The van der Waals surface area contributed by atoms with Crippen molar-refractivity contribution in [1.29, 1.82) is 0 Å². The average molecular weight is 185 g/mol. The number of nitrogens with one attached hydrogen (secondary N) is 1. The Bertz CT molecular complexity index is 203. The Labute approximate surface area is 77.6 Å². The maximum atomic E-state index is 11.3. The minimum atomic E-state index is -0.238. The number of piperidine rings is 1. The molecule has 0 aliphatic carbocycles. The third-order valence-electron chi connectivity index (χ3n) is 2.32. The number of hydrogen-bond donors (Lipinski definition) is 1. The largest absolute Gasteiger partial charge is 0.469 e. The lowest BCUT2D eigenvalue weighted by molar-refractivity contribution is -0.141. The lowest BCUT2D eigenvalue weighted by Gasteiger charge is -2.20. The van der Waals surface area contributed by atoms with Crippen molar-refractivity contribution < 1.29 is 14.3 Å². The third kappa shape index (κ3) is 3.14. The van der Waals surface area contributed by atoms with Gasteiger partial charge < -0.3 is 10.1 Å². The summed E-state index contributed by atoms with van der Waals surface area (Å²) in [6, 6.07) is 0. The van der Waals surface area contributed by atoms with Gasteiger partial charge in [-0.2, -0.15) is 0 Å². The van der Waals surface area contributed by atoms with Crippen LogP contribution in [0.1, 0.15) is 19.3 Å². The van der Waals surface area contributed by atoms with Crippen molar-refractivity contribution in [1.82, 2.24) is 5.32 Å². The van der Waals surface area contributed by atoms with Crippen LogP contribution in [-0.2, 0) is 14.3 Å². The number of methoxy groups -OCH3 is 1. The van der Waals surface area contributed by atoms with E-state index in [1.807, 2.05) is 0 Å². The van der Waals surface area contributed by atoms with Gasteiger partial charge in [0.25, 0.3) is 0 Å². The van der Waals surface area contributed by atoms with Crippen molar-refractivity contribution in [2.45, 2.75) is 19.3 Å². The van der Waals surface area contributed by atoms with Gasteiger partial charge >= 0.3 is 5.97 Å². The molecule has 1 atom stereocenters. The number of hydrogen-bond acceptors (Lipinski definition) is 4. The van der Waals surface area contributed by atoms with Gasteiger partial charge in [-0.25, -0.2) is 0 Å². The Morgan fingerprint density at radius 2 is 2.46 bits per heavy atom. The number of ketones is 1. The Hall–Kier alpha value is -0.900. The van der Waals surface area contributed by atoms with Crippen LogP contribution in [0.3, 0.4) is 0 Å². The van der Waals surface area contributed by atoms with Gasteiger partial charge in [0, 0.05) is 31.8 Å². The van der Waals surface area contributed by atoms with Crippen molar-refractivity contribution in [2.24, 2.45) is 5.92 Å². The molecule has 0 aromatic heterocycles. The minimum absolute atomic E-state index is 0.00727. The molecule has 1 fully saturated rings. The molecule has 0 radical (unpaired) electrons. The van der Waals surface area contributed by atoms with Crippen molar-refractivity contribution in [3.63, 3.8) is 0 Å². The van der Waals surface area contributed by atoms with Gasteiger partial charge in [0.05, 0.1) is 7.11 Å². The van der Waals surface area contributed by atoms with E-state index in [4.69, 9.17) is 0 Å². The Kier molecular flexibility index (Phi) is 3.89. The molecule has 1 N–H and O–H groups in total. The van der Waals surface area contributed by atoms with Crippen LogP contribution >= 0.6 is 0 Å². The molecule has 0 spiro atoms. The normalized spacial score (nSPS) is 22.8. The minimum Gasteiger partial charge on any atom is -0.469 e. The van der Waals surface area contributed by atoms with Crippen LogP contribution in [0.25, 0.3) is 0 Å². The van der Waals surface area contributed by atoms with Crippen LogP contribution in [0.5, 0.6) is 0 Å². The molecule has 1 heterocycles. The zero-order valence-corrected chi connectivity index (χ0v) is 7.84. The molecule has 1 aliphatic rings. The van der Waals surface area contributed by atoms with Crippen LogP contribution in [0.2, 0.25) is 0 Å². The van der Waals surface area contributed by atoms with Crippen LogP contribution in [-0.4, -0.2) is 32.0 Å². The van der Waals surface area contributed by atoms with E-state index >= 15 is 0 Å². The molecule has 1 aliphatic heterocycles. The number of ether oxygens (including phenoxy) is 1. The SMILES string of the molecule is COC(=O)CCC1CNCCC1=O. The van der Waals surface area contributed by atoms with Gasteiger partial charge in [-0.3, -0.25) is 9.59 Å². The van der Waals surface area contributed by atoms with Crippen molar-refractivity contribution in [3.8, 4) is 0 Å². The van der Waals surface area contributed by atoms with Crippen LogP contribution < -0.4 is 5.32 Å².